The van der Waals surface area contributed by atoms with Crippen LogP contribution >= 0.6 is 0 Å². The Morgan fingerprint density at radius 3 is 2.69 bits per heavy atom. The van der Waals surface area contributed by atoms with Crippen LogP contribution in [0.3, 0.4) is 0 Å². The molecule has 3 N–H and O–H groups in total. The number of aliphatic hydroxyl groups excluding tert-OH is 1. The zero-order chi connectivity index (χ0) is 12.1. The molecule has 0 saturated heterocycles. The third kappa shape index (κ3) is 2.49. The predicted molar refractivity (Wildman–Crippen MR) is 60.3 cm³/mol. The lowest BCUT2D eigenvalue weighted by atomic mass is 10.0. The van der Waals surface area contributed by atoms with E-state index in [1.54, 1.807) is 20.4 Å². The van der Waals surface area contributed by atoms with Crippen LogP contribution in [0.4, 0.5) is 0 Å². The second kappa shape index (κ2) is 5.79. The second-order valence-corrected chi connectivity index (χ2v) is 3.50. The van der Waals surface area contributed by atoms with Crippen LogP contribution in [0.15, 0.2) is 6.20 Å². The average Bonchev–Trinajstić information content (AvgIpc) is 2.30. The largest absolute Gasteiger partial charge is 0.494 e. The monoisotopic (exact) mass is 226 g/mol. The second-order valence-electron chi connectivity index (χ2n) is 3.50. The quantitative estimate of drug-likeness (QED) is 0.766. The molecule has 0 saturated carbocycles. The van der Waals surface area contributed by atoms with E-state index in [2.05, 4.69) is 4.98 Å². The number of rotatable bonds is 5. The SMILES string of the molecule is COCc1cnc(C)c(OC)c1C(O)CN. The van der Waals surface area contributed by atoms with E-state index in [9.17, 15) is 5.11 Å². The van der Waals surface area contributed by atoms with Gasteiger partial charge in [0, 0.05) is 31.0 Å². The molecule has 0 bridgehead atoms. The Bertz CT molecular complexity index is 355. The van der Waals surface area contributed by atoms with E-state index >= 15 is 0 Å². The number of aryl methyl sites for hydroxylation is 1. The molecule has 16 heavy (non-hydrogen) atoms. The van der Waals surface area contributed by atoms with Crippen molar-refractivity contribution in [1.82, 2.24) is 4.98 Å². The first-order valence-electron chi connectivity index (χ1n) is 5.05. The van der Waals surface area contributed by atoms with Crippen molar-refractivity contribution in [1.29, 1.82) is 0 Å². The van der Waals surface area contributed by atoms with Gasteiger partial charge in [-0.1, -0.05) is 0 Å². The molecule has 5 nitrogen and oxygen atoms in total. The average molecular weight is 226 g/mol. The van der Waals surface area contributed by atoms with Crippen molar-refractivity contribution in [3.63, 3.8) is 0 Å². The highest BCUT2D eigenvalue weighted by Gasteiger charge is 2.19. The summed E-state index contributed by atoms with van der Waals surface area (Å²) in [6.07, 6.45) is 0.914. The molecular formula is C11H18N2O3. The van der Waals surface area contributed by atoms with Gasteiger partial charge in [-0.3, -0.25) is 4.98 Å². The zero-order valence-electron chi connectivity index (χ0n) is 9.86. The number of nitrogens with two attached hydrogens (primary N) is 1. The molecule has 0 aliphatic rings. The number of methoxy groups -OCH3 is 2. The van der Waals surface area contributed by atoms with Crippen molar-refractivity contribution in [3.8, 4) is 5.75 Å². The Morgan fingerprint density at radius 2 is 2.19 bits per heavy atom. The molecular weight excluding hydrogens is 208 g/mol. The van der Waals surface area contributed by atoms with Crippen LogP contribution in [0.25, 0.3) is 0 Å². The van der Waals surface area contributed by atoms with Gasteiger partial charge < -0.3 is 20.3 Å². The fraction of sp³-hybridized carbons (Fsp3) is 0.545. The normalized spacial score (nSPS) is 12.6. The standard InChI is InChI=1S/C11H18N2O3/c1-7-11(16-3)10(9(14)4-12)8(5-13-7)6-15-2/h5,9,14H,4,6,12H2,1-3H3. The molecule has 0 fully saturated rings. The fourth-order valence-corrected chi connectivity index (χ4v) is 1.65. The summed E-state index contributed by atoms with van der Waals surface area (Å²) >= 11 is 0. The number of nitrogens with zero attached hydrogens (tertiary/aromatic N) is 1. The van der Waals surface area contributed by atoms with E-state index < -0.39 is 6.10 Å². The number of aliphatic hydroxyl groups is 1. The first-order chi connectivity index (χ1) is 7.65. The van der Waals surface area contributed by atoms with Gasteiger partial charge in [0.05, 0.1) is 25.5 Å². The summed E-state index contributed by atoms with van der Waals surface area (Å²) in [6, 6.07) is 0. The van der Waals surface area contributed by atoms with Crippen LogP contribution in [0.1, 0.15) is 22.9 Å². The van der Waals surface area contributed by atoms with Crippen LogP contribution in [-0.4, -0.2) is 30.9 Å². The van der Waals surface area contributed by atoms with E-state index in [1.165, 1.54) is 0 Å². The molecule has 0 spiro atoms. The highest BCUT2D eigenvalue weighted by atomic mass is 16.5. The third-order valence-corrected chi connectivity index (χ3v) is 2.39. The van der Waals surface area contributed by atoms with Crippen molar-refractivity contribution >= 4 is 0 Å². The van der Waals surface area contributed by atoms with E-state index in [1.807, 2.05) is 6.92 Å². The topological polar surface area (TPSA) is 77.6 Å². The Hall–Kier alpha value is -1.17. The Kier molecular flexibility index (Phi) is 4.67. The summed E-state index contributed by atoms with van der Waals surface area (Å²) in [7, 11) is 3.14. The molecule has 1 heterocycles. The van der Waals surface area contributed by atoms with Crippen LogP contribution < -0.4 is 10.5 Å². The number of ether oxygens (including phenoxy) is 2. The number of hydrogen-bond donors (Lipinski definition) is 2. The van der Waals surface area contributed by atoms with E-state index in [0.29, 0.717) is 17.9 Å². The minimum Gasteiger partial charge on any atom is -0.494 e. The first kappa shape index (κ1) is 12.9. The molecule has 0 amide bonds. The zero-order valence-corrected chi connectivity index (χ0v) is 9.86. The van der Waals surface area contributed by atoms with Gasteiger partial charge in [0.15, 0.2) is 0 Å². The van der Waals surface area contributed by atoms with Crippen molar-refractivity contribution in [3.05, 3.63) is 23.0 Å². The van der Waals surface area contributed by atoms with Crippen LogP contribution in [0.2, 0.25) is 0 Å². The van der Waals surface area contributed by atoms with Gasteiger partial charge >= 0.3 is 0 Å². The molecule has 1 aromatic heterocycles. The maximum atomic E-state index is 9.88. The first-order valence-corrected chi connectivity index (χ1v) is 5.05. The summed E-state index contributed by atoms with van der Waals surface area (Å²) in [6.45, 7) is 2.33. The van der Waals surface area contributed by atoms with Gasteiger partial charge in [-0.25, -0.2) is 0 Å². The number of hydrogen-bond acceptors (Lipinski definition) is 5. The molecule has 1 unspecified atom stereocenters. The van der Waals surface area contributed by atoms with Crippen LogP contribution in [0, 0.1) is 6.92 Å². The highest BCUT2D eigenvalue weighted by molar-refractivity contribution is 5.43. The molecule has 1 aromatic rings. The Labute approximate surface area is 95.2 Å². The lowest BCUT2D eigenvalue weighted by Gasteiger charge is -2.18. The number of pyridine rings is 1. The summed E-state index contributed by atoms with van der Waals surface area (Å²) < 4.78 is 10.3. The molecule has 1 rings (SSSR count). The molecule has 1 atom stereocenters. The third-order valence-electron chi connectivity index (χ3n) is 2.39. The minimum atomic E-state index is -0.762. The molecule has 90 valence electrons. The van der Waals surface area contributed by atoms with Gasteiger partial charge in [0.2, 0.25) is 0 Å². The van der Waals surface area contributed by atoms with Gasteiger partial charge in [0.25, 0.3) is 0 Å². The molecule has 0 radical (unpaired) electrons. The van der Waals surface area contributed by atoms with E-state index in [-0.39, 0.29) is 6.54 Å². The molecule has 0 aliphatic heterocycles. The van der Waals surface area contributed by atoms with Gasteiger partial charge in [-0.05, 0) is 6.92 Å². The minimum absolute atomic E-state index is 0.135. The van der Waals surface area contributed by atoms with Crippen LogP contribution in [-0.2, 0) is 11.3 Å². The molecule has 5 heteroatoms. The molecule has 0 aliphatic carbocycles. The van der Waals surface area contributed by atoms with Gasteiger partial charge in [-0.2, -0.15) is 0 Å². The summed E-state index contributed by atoms with van der Waals surface area (Å²) in [5.41, 5.74) is 7.66. The Morgan fingerprint density at radius 1 is 1.50 bits per heavy atom. The summed E-state index contributed by atoms with van der Waals surface area (Å²) in [5.74, 6) is 0.576. The highest BCUT2D eigenvalue weighted by Crippen LogP contribution is 2.30. The van der Waals surface area contributed by atoms with Crippen LogP contribution in [0.5, 0.6) is 5.75 Å². The fourth-order valence-electron chi connectivity index (χ4n) is 1.65. The lowest BCUT2D eigenvalue weighted by molar-refractivity contribution is 0.162. The Balaban J connectivity index is 3.28. The van der Waals surface area contributed by atoms with Gasteiger partial charge in [0.1, 0.15) is 5.75 Å². The van der Waals surface area contributed by atoms with Gasteiger partial charge in [-0.15, -0.1) is 0 Å². The smallest absolute Gasteiger partial charge is 0.146 e. The van der Waals surface area contributed by atoms with Crippen molar-refractivity contribution in [2.45, 2.75) is 19.6 Å². The molecule has 0 aromatic carbocycles. The van der Waals surface area contributed by atoms with E-state index in [4.69, 9.17) is 15.2 Å². The summed E-state index contributed by atoms with van der Waals surface area (Å²) in [5, 5.41) is 9.88. The maximum absolute atomic E-state index is 9.88. The maximum Gasteiger partial charge on any atom is 0.146 e. The van der Waals surface area contributed by atoms with Crippen molar-refractivity contribution < 1.29 is 14.6 Å². The van der Waals surface area contributed by atoms with Crippen molar-refractivity contribution in [2.75, 3.05) is 20.8 Å². The predicted octanol–water partition coefficient (Wildman–Crippen LogP) is 0.537. The van der Waals surface area contributed by atoms with E-state index in [0.717, 1.165) is 11.3 Å². The lowest BCUT2D eigenvalue weighted by Crippen LogP contribution is -2.16. The number of aromatic nitrogens is 1. The van der Waals surface area contributed by atoms with Crippen molar-refractivity contribution in [2.24, 2.45) is 5.73 Å². The summed E-state index contributed by atoms with van der Waals surface area (Å²) in [4.78, 5) is 4.19.